The van der Waals surface area contributed by atoms with Gasteiger partial charge in [0.05, 0.1) is 22.1 Å². The fourth-order valence-electron chi connectivity index (χ4n) is 7.63. The Morgan fingerprint density at radius 1 is 0.327 bits per heavy atom. The van der Waals surface area contributed by atoms with E-state index in [2.05, 4.69) is 173 Å². The van der Waals surface area contributed by atoms with Gasteiger partial charge in [-0.05, 0) is 80.6 Å². The second kappa shape index (κ2) is 11.0. The molecule has 0 amide bonds. The highest BCUT2D eigenvalue weighted by Crippen LogP contribution is 2.39. The Kier molecular flexibility index (Phi) is 6.18. The molecule has 0 saturated heterocycles. The molecule has 0 aliphatic heterocycles. The van der Waals surface area contributed by atoms with E-state index in [0.717, 1.165) is 21.8 Å². The summed E-state index contributed by atoms with van der Waals surface area (Å²) in [6.07, 6.45) is 3.56. The van der Waals surface area contributed by atoms with E-state index in [1.54, 1.807) is 12.4 Å². The van der Waals surface area contributed by atoms with Crippen molar-refractivity contribution in [2.45, 2.75) is 0 Å². The molecular formula is C46H29N3. The van der Waals surface area contributed by atoms with Crippen molar-refractivity contribution < 1.29 is 0 Å². The zero-order valence-electron chi connectivity index (χ0n) is 26.6. The Balaban J connectivity index is 1.07. The number of hydrogen-bond acceptors (Lipinski definition) is 2. The molecule has 10 rings (SSSR count). The summed E-state index contributed by atoms with van der Waals surface area (Å²) in [7, 11) is 0. The topological polar surface area (TPSA) is 30.7 Å². The lowest BCUT2D eigenvalue weighted by molar-refractivity contribution is 1.18. The fourth-order valence-corrected chi connectivity index (χ4v) is 7.63. The highest BCUT2D eigenvalue weighted by molar-refractivity contribution is 6.23. The van der Waals surface area contributed by atoms with Crippen LogP contribution in [0.15, 0.2) is 176 Å². The van der Waals surface area contributed by atoms with Crippen molar-refractivity contribution in [3.8, 4) is 39.1 Å². The number of fused-ring (bicyclic) bond motifs is 9. The van der Waals surface area contributed by atoms with E-state index < -0.39 is 0 Å². The molecule has 0 unspecified atom stereocenters. The maximum Gasteiger partial charge on any atom is 0.0971 e. The Hall–Kier alpha value is -6.58. The summed E-state index contributed by atoms with van der Waals surface area (Å²) in [4.78, 5) is 9.41. The molecule has 228 valence electrons. The first-order valence-corrected chi connectivity index (χ1v) is 16.7. The molecule has 0 aliphatic carbocycles. The van der Waals surface area contributed by atoms with Crippen molar-refractivity contribution >= 4 is 54.4 Å². The Labute approximate surface area is 283 Å². The molecule has 0 aliphatic rings. The van der Waals surface area contributed by atoms with Gasteiger partial charge in [-0.2, -0.15) is 0 Å². The second-order valence-corrected chi connectivity index (χ2v) is 12.6. The van der Waals surface area contributed by atoms with Crippen LogP contribution in [0.5, 0.6) is 0 Å². The SMILES string of the molecule is c1ccc(-n2c3ccccc3c3cc(-c4ccccc4-c4ccc(-c5ccc6c(c5)c5ccccc5c5nccnc65)cc4)ccc32)cc1. The van der Waals surface area contributed by atoms with E-state index in [-0.39, 0.29) is 0 Å². The molecule has 2 aromatic heterocycles. The van der Waals surface area contributed by atoms with Crippen LogP contribution in [-0.2, 0) is 0 Å². The lowest BCUT2D eigenvalue weighted by atomic mass is 9.92. The smallest absolute Gasteiger partial charge is 0.0971 e. The monoisotopic (exact) mass is 623 g/mol. The number of aromatic nitrogens is 3. The van der Waals surface area contributed by atoms with Gasteiger partial charge in [-0.1, -0.05) is 127 Å². The summed E-state index contributed by atoms with van der Waals surface area (Å²) in [5.74, 6) is 0. The summed E-state index contributed by atoms with van der Waals surface area (Å²) in [5, 5.41) is 7.16. The van der Waals surface area contributed by atoms with Gasteiger partial charge >= 0.3 is 0 Å². The maximum atomic E-state index is 4.72. The third-order valence-corrected chi connectivity index (χ3v) is 9.90. The summed E-state index contributed by atoms with van der Waals surface area (Å²) in [5.41, 5.74) is 12.7. The molecule has 2 heterocycles. The number of benzene rings is 8. The lowest BCUT2D eigenvalue weighted by Crippen LogP contribution is -1.93. The van der Waals surface area contributed by atoms with Crippen LogP contribution in [0, 0.1) is 0 Å². The van der Waals surface area contributed by atoms with Crippen molar-refractivity contribution in [2.75, 3.05) is 0 Å². The predicted molar refractivity (Wildman–Crippen MR) is 205 cm³/mol. The van der Waals surface area contributed by atoms with Crippen LogP contribution < -0.4 is 0 Å². The van der Waals surface area contributed by atoms with E-state index >= 15 is 0 Å². The largest absolute Gasteiger partial charge is 0.309 e. The molecule has 0 radical (unpaired) electrons. The van der Waals surface area contributed by atoms with E-state index in [1.807, 2.05) is 0 Å². The second-order valence-electron chi connectivity index (χ2n) is 12.6. The minimum atomic E-state index is 0.942. The molecular weight excluding hydrogens is 595 g/mol. The van der Waals surface area contributed by atoms with Gasteiger partial charge in [0.2, 0.25) is 0 Å². The first-order chi connectivity index (χ1) is 24.3. The molecule has 8 aromatic carbocycles. The van der Waals surface area contributed by atoms with Crippen LogP contribution in [0.4, 0.5) is 0 Å². The Bertz CT molecular complexity index is 2830. The Morgan fingerprint density at radius 3 is 1.63 bits per heavy atom. The van der Waals surface area contributed by atoms with Crippen molar-refractivity contribution in [1.29, 1.82) is 0 Å². The van der Waals surface area contributed by atoms with E-state index in [4.69, 9.17) is 4.98 Å². The van der Waals surface area contributed by atoms with Crippen molar-refractivity contribution in [3.05, 3.63) is 176 Å². The van der Waals surface area contributed by atoms with Crippen LogP contribution >= 0.6 is 0 Å². The molecule has 3 heteroatoms. The molecule has 0 spiro atoms. The highest BCUT2D eigenvalue weighted by atomic mass is 15.0. The maximum absolute atomic E-state index is 4.72. The third-order valence-electron chi connectivity index (χ3n) is 9.90. The lowest BCUT2D eigenvalue weighted by Gasteiger charge is -2.13. The fraction of sp³-hybridized carbons (Fsp3) is 0. The van der Waals surface area contributed by atoms with Gasteiger partial charge in [-0.25, -0.2) is 0 Å². The average molecular weight is 624 g/mol. The van der Waals surface area contributed by atoms with Crippen molar-refractivity contribution in [3.63, 3.8) is 0 Å². The van der Waals surface area contributed by atoms with Gasteiger partial charge in [0.15, 0.2) is 0 Å². The summed E-state index contributed by atoms with van der Waals surface area (Å²) in [6, 6.07) is 59.2. The van der Waals surface area contributed by atoms with Crippen LogP contribution in [0.2, 0.25) is 0 Å². The van der Waals surface area contributed by atoms with Crippen molar-refractivity contribution in [1.82, 2.24) is 14.5 Å². The quantitative estimate of drug-likeness (QED) is 0.183. The predicted octanol–water partition coefficient (Wildman–Crippen LogP) is 12.0. The highest BCUT2D eigenvalue weighted by Gasteiger charge is 2.15. The third kappa shape index (κ3) is 4.37. The van der Waals surface area contributed by atoms with Crippen LogP contribution in [0.3, 0.4) is 0 Å². The van der Waals surface area contributed by atoms with Gasteiger partial charge in [-0.15, -0.1) is 0 Å². The van der Waals surface area contributed by atoms with Crippen LogP contribution in [-0.4, -0.2) is 14.5 Å². The van der Waals surface area contributed by atoms with Gasteiger partial charge in [0.1, 0.15) is 0 Å². The van der Waals surface area contributed by atoms with E-state index in [0.29, 0.717) is 0 Å². The summed E-state index contributed by atoms with van der Waals surface area (Å²) >= 11 is 0. The molecule has 49 heavy (non-hydrogen) atoms. The van der Waals surface area contributed by atoms with E-state index in [1.165, 1.54) is 71.6 Å². The first-order valence-electron chi connectivity index (χ1n) is 16.7. The van der Waals surface area contributed by atoms with Gasteiger partial charge in [0, 0.05) is 39.6 Å². The summed E-state index contributed by atoms with van der Waals surface area (Å²) in [6.45, 7) is 0. The molecule has 0 fully saturated rings. The minimum Gasteiger partial charge on any atom is -0.309 e. The normalized spacial score (nSPS) is 11.7. The molecule has 0 bridgehead atoms. The molecule has 3 nitrogen and oxygen atoms in total. The standard InChI is InChI=1S/C46H29N3/c1-2-10-34(11-3-1)49-43-17-9-8-15-38(43)42-29-33(23-25-44(42)49)36-13-5-4-12-35(36)31-20-18-30(19-21-31)32-22-24-40-41(28-32)37-14-6-7-16-39(37)45-46(40)48-27-26-47-45/h1-29H. The van der Waals surface area contributed by atoms with Gasteiger partial charge in [0.25, 0.3) is 0 Å². The summed E-state index contributed by atoms with van der Waals surface area (Å²) < 4.78 is 2.37. The average Bonchev–Trinajstić information content (AvgIpc) is 3.52. The number of para-hydroxylation sites is 2. The molecule has 10 aromatic rings. The zero-order chi connectivity index (χ0) is 32.3. The minimum absolute atomic E-state index is 0.942. The molecule has 0 saturated carbocycles. The van der Waals surface area contributed by atoms with Crippen molar-refractivity contribution in [2.24, 2.45) is 0 Å². The zero-order valence-corrected chi connectivity index (χ0v) is 26.6. The molecule has 0 N–H and O–H groups in total. The van der Waals surface area contributed by atoms with Crippen LogP contribution in [0.25, 0.3) is 93.5 Å². The first kappa shape index (κ1) is 27.5. The number of hydrogen-bond donors (Lipinski definition) is 0. The van der Waals surface area contributed by atoms with Gasteiger partial charge in [-0.3, -0.25) is 9.97 Å². The number of nitrogens with zero attached hydrogens (tertiary/aromatic N) is 3. The molecule has 0 atom stereocenters. The van der Waals surface area contributed by atoms with Crippen LogP contribution in [0.1, 0.15) is 0 Å². The number of rotatable bonds is 4. The van der Waals surface area contributed by atoms with Gasteiger partial charge < -0.3 is 4.57 Å². The Morgan fingerprint density at radius 2 is 0.857 bits per heavy atom. The van der Waals surface area contributed by atoms with E-state index in [9.17, 15) is 0 Å².